The van der Waals surface area contributed by atoms with Gasteiger partial charge in [0.25, 0.3) is 0 Å². The molecule has 0 saturated heterocycles. The molecule has 2 heterocycles. The number of hydrogen-bond donors (Lipinski definition) is 2. The fourth-order valence-electron chi connectivity index (χ4n) is 2.82. The number of nitrogens with one attached hydrogen (secondary N) is 1. The molecule has 0 bridgehead atoms. The molecule has 7 nitrogen and oxygen atoms in total. The second-order valence-corrected chi connectivity index (χ2v) is 6.04. The SMILES string of the molecule is Cc1cc(NCCCc2nn(-c3ccccc3)c(N)c2C#N)nc(C)n1. The molecule has 0 radical (unpaired) electrons. The third-order valence-corrected chi connectivity index (χ3v) is 3.97. The largest absolute Gasteiger partial charge is 0.382 e. The van der Waals surface area contributed by atoms with Crippen LogP contribution in [0.25, 0.3) is 5.69 Å². The van der Waals surface area contributed by atoms with Crippen molar-refractivity contribution in [3.05, 3.63) is 59.2 Å². The van der Waals surface area contributed by atoms with Crippen molar-refractivity contribution in [3.63, 3.8) is 0 Å². The molecule has 0 fully saturated rings. The van der Waals surface area contributed by atoms with Crippen molar-refractivity contribution in [1.82, 2.24) is 19.7 Å². The first-order valence-electron chi connectivity index (χ1n) is 8.47. The highest BCUT2D eigenvalue weighted by Gasteiger charge is 2.16. The molecule has 0 aliphatic heterocycles. The van der Waals surface area contributed by atoms with Gasteiger partial charge >= 0.3 is 0 Å². The summed E-state index contributed by atoms with van der Waals surface area (Å²) in [6, 6.07) is 13.7. The van der Waals surface area contributed by atoms with Gasteiger partial charge in [0, 0.05) is 18.3 Å². The maximum absolute atomic E-state index is 9.44. The third kappa shape index (κ3) is 3.81. The van der Waals surface area contributed by atoms with E-state index in [2.05, 4.69) is 26.5 Å². The minimum Gasteiger partial charge on any atom is -0.382 e. The molecule has 3 aromatic rings. The highest BCUT2D eigenvalue weighted by molar-refractivity contribution is 5.56. The first kappa shape index (κ1) is 17.4. The maximum Gasteiger partial charge on any atom is 0.145 e. The molecule has 3 rings (SSSR count). The van der Waals surface area contributed by atoms with Gasteiger partial charge in [-0.15, -0.1) is 0 Å². The highest BCUT2D eigenvalue weighted by Crippen LogP contribution is 2.21. The Bertz CT molecular complexity index is 918. The number of benzene rings is 1. The van der Waals surface area contributed by atoms with Gasteiger partial charge in [0.1, 0.15) is 29.1 Å². The number of nitriles is 1. The van der Waals surface area contributed by atoms with Gasteiger partial charge in [-0.2, -0.15) is 10.4 Å². The number of anilines is 2. The van der Waals surface area contributed by atoms with E-state index in [-0.39, 0.29) is 0 Å². The van der Waals surface area contributed by atoms with E-state index in [0.29, 0.717) is 23.5 Å². The minimum absolute atomic E-state index is 0.378. The van der Waals surface area contributed by atoms with E-state index < -0.39 is 0 Å². The van der Waals surface area contributed by atoms with Crippen LogP contribution in [0.1, 0.15) is 29.2 Å². The summed E-state index contributed by atoms with van der Waals surface area (Å²) < 4.78 is 1.62. The van der Waals surface area contributed by atoms with Gasteiger partial charge in [-0.1, -0.05) is 18.2 Å². The van der Waals surface area contributed by atoms with Crippen molar-refractivity contribution in [2.45, 2.75) is 26.7 Å². The monoisotopic (exact) mass is 347 g/mol. The molecule has 26 heavy (non-hydrogen) atoms. The Morgan fingerprint density at radius 3 is 2.65 bits per heavy atom. The summed E-state index contributed by atoms with van der Waals surface area (Å²) in [4.78, 5) is 8.62. The Balaban J connectivity index is 1.67. The van der Waals surface area contributed by atoms with Crippen LogP contribution in [0.3, 0.4) is 0 Å². The predicted octanol–water partition coefficient (Wildman–Crippen LogP) is 2.78. The summed E-state index contributed by atoms with van der Waals surface area (Å²) in [5.41, 5.74) is 9.06. The Kier molecular flexibility index (Phi) is 5.13. The number of para-hydroxylation sites is 1. The normalized spacial score (nSPS) is 10.5. The standard InChI is InChI=1S/C19H21N7/c1-13-11-18(24-14(2)23-13)22-10-6-9-17-16(12-20)19(21)26(25-17)15-7-4-3-5-8-15/h3-5,7-8,11H,6,9-10,21H2,1-2H3,(H,22,23,24). The van der Waals surface area contributed by atoms with E-state index in [1.807, 2.05) is 50.2 Å². The van der Waals surface area contributed by atoms with Gasteiger partial charge < -0.3 is 11.1 Å². The van der Waals surface area contributed by atoms with Crippen molar-refractivity contribution >= 4 is 11.6 Å². The Labute approximate surface area is 152 Å². The Morgan fingerprint density at radius 2 is 1.96 bits per heavy atom. The minimum atomic E-state index is 0.378. The molecule has 3 N–H and O–H groups in total. The van der Waals surface area contributed by atoms with Crippen LogP contribution in [0.2, 0.25) is 0 Å². The van der Waals surface area contributed by atoms with Crippen LogP contribution in [-0.2, 0) is 6.42 Å². The zero-order valence-corrected chi connectivity index (χ0v) is 14.9. The number of aromatic nitrogens is 4. The number of hydrogen-bond acceptors (Lipinski definition) is 6. The molecule has 2 aromatic heterocycles. The van der Waals surface area contributed by atoms with Crippen LogP contribution < -0.4 is 11.1 Å². The lowest BCUT2D eigenvalue weighted by Crippen LogP contribution is -2.07. The summed E-state index contributed by atoms with van der Waals surface area (Å²) in [5.74, 6) is 1.93. The smallest absolute Gasteiger partial charge is 0.145 e. The van der Waals surface area contributed by atoms with Crippen LogP contribution in [0.15, 0.2) is 36.4 Å². The van der Waals surface area contributed by atoms with E-state index >= 15 is 0 Å². The average molecular weight is 347 g/mol. The van der Waals surface area contributed by atoms with Crippen molar-refractivity contribution in [2.24, 2.45) is 0 Å². The molecule has 0 spiro atoms. The molecule has 7 heteroatoms. The zero-order valence-electron chi connectivity index (χ0n) is 14.9. The lowest BCUT2D eigenvalue weighted by atomic mass is 10.1. The van der Waals surface area contributed by atoms with Gasteiger partial charge in [-0.25, -0.2) is 14.6 Å². The quantitative estimate of drug-likeness (QED) is 0.664. The number of nitrogen functional groups attached to an aromatic ring is 1. The summed E-state index contributed by atoms with van der Waals surface area (Å²) in [7, 11) is 0. The lowest BCUT2D eigenvalue weighted by Gasteiger charge is -2.06. The molecular weight excluding hydrogens is 326 g/mol. The second kappa shape index (κ2) is 7.66. The van der Waals surface area contributed by atoms with Crippen molar-refractivity contribution < 1.29 is 0 Å². The highest BCUT2D eigenvalue weighted by atomic mass is 15.3. The second-order valence-electron chi connectivity index (χ2n) is 6.04. The van der Waals surface area contributed by atoms with Gasteiger partial charge in [0.05, 0.1) is 11.4 Å². The summed E-state index contributed by atoms with van der Waals surface area (Å²) in [5, 5.41) is 17.3. The van der Waals surface area contributed by atoms with Crippen molar-refractivity contribution in [2.75, 3.05) is 17.6 Å². The molecule has 0 aliphatic rings. The van der Waals surface area contributed by atoms with Crippen LogP contribution in [0.5, 0.6) is 0 Å². The topological polar surface area (TPSA) is 105 Å². The third-order valence-electron chi connectivity index (χ3n) is 3.97. The van der Waals surface area contributed by atoms with Gasteiger partial charge in [-0.3, -0.25) is 0 Å². The van der Waals surface area contributed by atoms with Crippen molar-refractivity contribution in [1.29, 1.82) is 5.26 Å². The van der Waals surface area contributed by atoms with E-state index in [1.165, 1.54) is 0 Å². The van der Waals surface area contributed by atoms with Gasteiger partial charge in [-0.05, 0) is 38.8 Å². The summed E-state index contributed by atoms with van der Waals surface area (Å²) in [6.45, 7) is 4.54. The zero-order chi connectivity index (χ0) is 18.5. The van der Waals surface area contributed by atoms with Crippen LogP contribution in [-0.4, -0.2) is 26.3 Å². The van der Waals surface area contributed by atoms with Crippen LogP contribution in [0, 0.1) is 25.2 Å². The Hall–Kier alpha value is -3.40. The van der Waals surface area contributed by atoms with Crippen molar-refractivity contribution in [3.8, 4) is 11.8 Å². The molecule has 1 aromatic carbocycles. The number of nitrogens with two attached hydrogens (primary N) is 1. The summed E-state index contributed by atoms with van der Waals surface area (Å²) in [6.07, 6.45) is 1.46. The molecule has 0 unspecified atom stereocenters. The number of nitrogens with zero attached hydrogens (tertiary/aromatic N) is 5. The number of rotatable bonds is 6. The van der Waals surface area contributed by atoms with E-state index in [1.54, 1.807) is 4.68 Å². The fraction of sp³-hybridized carbons (Fsp3) is 0.263. The molecule has 0 amide bonds. The van der Waals surface area contributed by atoms with E-state index in [4.69, 9.17) is 5.73 Å². The van der Waals surface area contributed by atoms with E-state index in [9.17, 15) is 5.26 Å². The van der Waals surface area contributed by atoms with Gasteiger partial charge in [0.2, 0.25) is 0 Å². The molecule has 132 valence electrons. The van der Waals surface area contributed by atoms with Crippen LogP contribution in [0.4, 0.5) is 11.6 Å². The molecule has 0 saturated carbocycles. The first-order chi connectivity index (χ1) is 12.6. The average Bonchev–Trinajstić information content (AvgIpc) is 2.94. The molecule has 0 aliphatic carbocycles. The maximum atomic E-state index is 9.44. The fourth-order valence-corrected chi connectivity index (χ4v) is 2.82. The number of aryl methyl sites for hydroxylation is 3. The lowest BCUT2D eigenvalue weighted by molar-refractivity contribution is 0.788. The molecule has 0 atom stereocenters. The predicted molar refractivity (Wildman–Crippen MR) is 101 cm³/mol. The summed E-state index contributed by atoms with van der Waals surface area (Å²) >= 11 is 0. The molecular formula is C19H21N7. The first-order valence-corrected chi connectivity index (χ1v) is 8.47. The van der Waals surface area contributed by atoms with E-state index in [0.717, 1.165) is 36.0 Å². The Morgan fingerprint density at radius 1 is 1.19 bits per heavy atom. The van der Waals surface area contributed by atoms with Crippen LogP contribution >= 0.6 is 0 Å². The van der Waals surface area contributed by atoms with Gasteiger partial charge in [0.15, 0.2) is 0 Å².